The van der Waals surface area contributed by atoms with E-state index in [-0.39, 0.29) is 10.8 Å². The molecule has 1 amide bonds. The number of amides is 1. The topological polar surface area (TPSA) is 65.2 Å². The fourth-order valence-electron chi connectivity index (χ4n) is 2.37. The molecule has 1 heterocycles. The summed E-state index contributed by atoms with van der Waals surface area (Å²) < 4.78 is 0. The number of nitrogens with zero attached hydrogens (tertiary/aromatic N) is 1. The van der Waals surface area contributed by atoms with Crippen molar-refractivity contribution in [2.75, 3.05) is 23.3 Å². The molecule has 2 N–H and O–H groups in total. The minimum Gasteiger partial charge on any atom is -0.372 e. The second-order valence-corrected chi connectivity index (χ2v) is 6.08. The molecule has 0 fully saturated rings. The number of carbonyl (C=O) groups is 1. The molecule has 0 saturated carbocycles. The number of hydrogen-bond acceptors (Lipinski definition) is 4. The third-order valence-electron chi connectivity index (χ3n) is 3.62. The number of thiazole rings is 1. The summed E-state index contributed by atoms with van der Waals surface area (Å²) >= 11 is 0.931. The van der Waals surface area contributed by atoms with Crippen molar-refractivity contribution in [3.05, 3.63) is 44.0 Å². The summed E-state index contributed by atoms with van der Waals surface area (Å²) in [5.41, 5.74) is 3.51. The summed E-state index contributed by atoms with van der Waals surface area (Å²) in [6.07, 6.45) is 0. The third kappa shape index (κ3) is 3.39. The van der Waals surface area contributed by atoms with E-state index in [0.29, 0.717) is 10.6 Å². The summed E-state index contributed by atoms with van der Waals surface area (Å²) in [5, 5.41) is 2.88. The maximum Gasteiger partial charge on any atom is 0.305 e. The number of carbonyl (C=O) groups excluding carboxylic acids is 1. The molecule has 0 aliphatic carbocycles. The Balaban J connectivity index is 2.22. The molecule has 22 heavy (non-hydrogen) atoms. The lowest BCUT2D eigenvalue weighted by atomic mass is 10.1. The summed E-state index contributed by atoms with van der Waals surface area (Å²) in [6.45, 7) is 9.81. The van der Waals surface area contributed by atoms with Crippen molar-refractivity contribution in [2.24, 2.45) is 0 Å². The molecule has 0 aliphatic heterocycles. The molecule has 0 bridgehead atoms. The zero-order valence-corrected chi connectivity index (χ0v) is 14.1. The standard InChI is InChI=1S/C16H21N3O2S/c1-5-19(6-2)12-7-8-13(10(3)9-12)18-15(20)14-11(4)17-16(21)22-14/h7-9H,5-6H2,1-4H3,(H,17,21)(H,18,20). The van der Waals surface area contributed by atoms with Crippen LogP contribution in [0.2, 0.25) is 0 Å². The predicted octanol–water partition coefficient (Wildman–Crippen LogP) is 3.15. The van der Waals surface area contributed by atoms with Gasteiger partial charge in [0.15, 0.2) is 0 Å². The van der Waals surface area contributed by atoms with Crippen LogP contribution in [0.5, 0.6) is 0 Å². The van der Waals surface area contributed by atoms with E-state index in [4.69, 9.17) is 0 Å². The van der Waals surface area contributed by atoms with Gasteiger partial charge in [-0.1, -0.05) is 11.3 Å². The van der Waals surface area contributed by atoms with Crippen molar-refractivity contribution in [3.8, 4) is 0 Å². The van der Waals surface area contributed by atoms with Gasteiger partial charge >= 0.3 is 4.87 Å². The minimum absolute atomic E-state index is 0.212. The average Bonchev–Trinajstić information content (AvgIpc) is 2.82. The summed E-state index contributed by atoms with van der Waals surface area (Å²) in [7, 11) is 0. The number of H-pyrrole nitrogens is 1. The highest BCUT2D eigenvalue weighted by molar-refractivity contribution is 7.11. The van der Waals surface area contributed by atoms with E-state index >= 15 is 0 Å². The lowest BCUT2D eigenvalue weighted by Gasteiger charge is -2.22. The minimum atomic E-state index is -0.250. The first-order valence-corrected chi connectivity index (χ1v) is 8.14. The highest BCUT2D eigenvalue weighted by Gasteiger charge is 2.14. The first kappa shape index (κ1) is 16.3. The molecule has 118 valence electrons. The Hall–Kier alpha value is -2.08. The Morgan fingerprint density at radius 3 is 2.45 bits per heavy atom. The number of benzene rings is 1. The summed E-state index contributed by atoms with van der Waals surface area (Å²) in [6, 6.07) is 5.97. The summed E-state index contributed by atoms with van der Waals surface area (Å²) in [4.78, 5) is 28.7. The van der Waals surface area contributed by atoms with Crippen LogP contribution in [0.3, 0.4) is 0 Å². The highest BCUT2D eigenvalue weighted by atomic mass is 32.1. The van der Waals surface area contributed by atoms with Gasteiger partial charge in [0, 0.05) is 30.2 Å². The number of hydrogen-bond donors (Lipinski definition) is 2. The van der Waals surface area contributed by atoms with Crippen molar-refractivity contribution >= 4 is 28.6 Å². The van der Waals surface area contributed by atoms with E-state index < -0.39 is 0 Å². The van der Waals surface area contributed by atoms with Crippen LogP contribution in [0, 0.1) is 13.8 Å². The lowest BCUT2D eigenvalue weighted by Crippen LogP contribution is -2.22. The van der Waals surface area contributed by atoms with Gasteiger partial charge in [-0.05, 0) is 51.5 Å². The quantitative estimate of drug-likeness (QED) is 0.890. The van der Waals surface area contributed by atoms with Crippen LogP contribution < -0.4 is 15.1 Å². The largest absolute Gasteiger partial charge is 0.372 e. The van der Waals surface area contributed by atoms with Gasteiger partial charge in [-0.3, -0.25) is 9.59 Å². The normalized spacial score (nSPS) is 10.5. The van der Waals surface area contributed by atoms with E-state index in [2.05, 4.69) is 35.1 Å². The maximum absolute atomic E-state index is 12.3. The molecule has 2 aromatic rings. The van der Waals surface area contributed by atoms with Crippen LogP contribution in [0.1, 0.15) is 34.8 Å². The third-order valence-corrected chi connectivity index (χ3v) is 4.60. The Labute approximate surface area is 134 Å². The number of rotatable bonds is 5. The van der Waals surface area contributed by atoms with Crippen LogP contribution in [-0.2, 0) is 0 Å². The molecule has 0 aliphatic rings. The molecule has 0 saturated heterocycles. The van der Waals surface area contributed by atoms with E-state index in [1.165, 1.54) is 0 Å². The number of aromatic amines is 1. The van der Waals surface area contributed by atoms with Gasteiger partial charge in [0.25, 0.3) is 5.91 Å². The Bertz CT molecular complexity index is 729. The molecule has 5 nitrogen and oxygen atoms in total. The molecule has 1 aromatic heterocycles. The monoisotopic (exact) mass is 319 g/mol. The fourth-order valence-corrected chi connectivity index (χ4v) is 3.11. The number of anilines is 2. The maximum atomic E-state index is 12.3. The van der Waals surface area contributed by atoms with Crippen molar-refractivity contribution in [3.63, 3.8) is 0 Å². The first-order valence-electron chi connectivity index (χ1n) is 7.32. The van der Waals surface area contributed by atoms with E-state index in [1.807, 2.05) is 19.1 Å². The Morgan fingerprint density at radius 2 is 1.95 bits per heavy atom. The smallest absolute Gasteiger partial charge is 0.305 e. The van der Waals surface area contributed by atoms with Crippen LogP contribution in [-0.4, -0.2) is 24.0 Å². The molecule has 6 heteroatoms. The molecule has 0 atom stereocenters. The molecule has 0 unspecified atom stereocenters. The van der Waals surface area contributed by atoms with Crippen molar-refractivity contribution in [1.29, 1.82) is 0 Å². The lowest BCUT2D eigenvalue weighted by molar-refractivity contribution is 0.102. The second-order valence-electron chi connectivity index (χ2n) is 5.09. The average molecular weight is 319 g/mol. The summed E-state index contributed by atoms with van der Waals surface area (Å²) in [5.74, 6) is -0.250. The number of aromatic nitrogens is 1. The van der Waals surface area contributed by atoms with Crippen LogP contribution in [0.15, 0.2) is 23.0 Å². The van der Waals surface area contributed by atoms with Gasteiger partial charge in [0.2, 0.25) is 0 Å². The number of aryl methyl sites for hydroxylation is 2. The van der Waals surface area contributed by atoms with Gasteiger partial charge in [-0.2, -0.15) is 0 Å². The Morgan fingerprint density at radius 1 is 1.27 bits per heavy atom. The van der Waals surface area contributed by atoms with Crippen molar-refractivity contribution < 1.29 is 4.79 Å². The molecular formula is C16H21N3O2S. The molecule has 2 rings (SSSR count). The Kier molecular flexibility index (Phi) is 5.03. The van der Waals surface area contributed by atoms with Crippen molar-refractivity contribution in [1.82, 2.24) is 4.98 Å². The van der Waals surface area contributed by atoms with E-state index in [1.54, 1.807) is 6.92 Å². The predicted molar refractivity (Wildman–Crippen MR) is 92.4 cm³/mol. The van der Waals surface area contributed by atoms with Crippen LogP contribution in [0.25, 0.3) is 0 Å². The van der Waals surface area contributed by atoms with Crippen LogP contribution >= 0.6 is 11.3 Å². The van der Waals surface area contributed by atoms with E-state index in [0.717, 1.165) is 41.4 Å². The second kappa shape index (κ2) is 6.79. The van der Waals surface area contributed by atoms with Gasteiger partial charge in [0.05, 0.1) is 0 Å². The zero-order chi connectivity index (χ0) is 16.3. The fraction of sp³-hybridized carbons (Fsp3) is 0.375. The highest BCUT2D eigenvalue weighted by Crippen LogP contribution is 2.23. The molecule has 0 radical (unpaired) electrons. The van der Waals surface area contributed by atoms with Gasteiger partial charge in [-0.15, -0.1) is 0 Å². The van der Waals surface area contributed by atoms with Crippen molar-refractivity contribution in [2.45, 2.75) is 27.7 Å². The zero-order valence-electron chi connectivity index (χ0n) is 13.3. The molecular weight excluding hydrogens is 298 g/mol. The van der Waals surface area contributed by atoms with Gasteiger partial charge in [-0.25, -0.2) is 0 Å². The SMILES string of the molecule is CCN(CC)c1ccc(NC(=O)c2sc(=O)[nH]c2C)c(C)c1. The van der Waals surface area contributed by atoms with E-state index in [9.17, 15) is 9.59 Å². The molecule has 0 spiro atoms. The van der Waals surface area contributed by atoms with Crippen LogP contribution in [0.4, 0.5) is 11.4 Å². The van der Waals surface area contributed by atoms with Gasteiger partial charge < -0.3 is 15.2 Å². The number of nitrogens with one attached hydrogen (secondary N) is 2. The molecule has 1 aromatic carbocycles. The van der Waals surface area contributed by atoms with Gasteiger partial charge in [0.1, 0.15) is 4.88 Å². The first-order chi connectivity index (χ1) is 10.5.